The van der Waals surface area contributed by atoms with Crippen LogP contribution in [-0.4, -0.2) is 39.6 Å². The van der Waals surface area contributed by atoms with Gasteiger partial charge in [0.2, 0.25) is 0 Å². The SMILES string of the molecule is Cc1csc(CNC(=O)N2CCCCC2CC(=O)O)n1. The van der Waals surface area contributed by atoms with E-state index in [2.05, 4.69) is 10.3 Å². The Hall–Kier alpha value is -1.63. The molecule has 6 nitrogen and oxygen atoms in total. The van der Waals surface area contributed by atoms with Crippen molar-refractivity contribution in [2.24, 2.45) is 0 Å². The van der Waals surface area contributed by atoms with Crippen molar-refractivity contribution < 1.29 is 14.7 Å². The maximum Gasteiger partial charge on any atom is 0.318 e. The predicted molar refractivity (Wildman–Crippen MR) is 75.7 cm³/mol. The summed E-state index contributed by atoms with van der Waals surface area (Å²) < 4.78 is 0. The maximum absolute atomic E-state index is 12.2. The Morgan fingerprint density at radius 3 is 3.00 bits per heavy atom. The van der Waals surface area contributed by atoms with Crippen LogP contribution in [0.3, 0.4) is 0 Å². The Labute approximate surface area is 121 Å². The van der Waals surface area contributed by atoms with Gasteiger partial charge in [-0.3, -0.25) is 4.79 Å². The molecule has 2 amide bonds. The molecule has 1 fully saturated rings. The molecule has 1 unspecified atom stereocenters. The molecule has 1 aliphatic heterocycles. The van der Waals surface area contributed by atoms with Crippen LogP contribution in [0, 0.1) is 6.92 Å². The minimum Gasteiger partial charge on any atom is -0.481 e. The minimum atomic E-state index is -0.856. The van der Waals surface area contributed by atoms with E-state index in [0.717, 1.165) is 30.0 Å². The van der Waals surface area contributed by atoms with E-state index in [1.54, 1.807) is 4.90 Å². The lowest BCUT2D eigenvalue weighted by molar-refractivity contribution is -0.138. The molecule has 0 aliphatic carbocycles. The fraction of sp³-hybridized carbons (Fsp3) is 0.615. The van der Waals surface area contributed by atoms with Crippen LogP contribution >= 0.6 is 11.3 Å². The van der Waals surface area contributed by atoms with Crippen molar-refractivity contribution in [3.63, 3.8) is 0 Å². The molecular weight excluding hydrogens is 278 g/mol. The van der Waals surface area contributed by atoms with Gasteiger partial charge in [0.05, 0.1) is 13.0 Å². The van der Waals surface area contributed by atoms with Gasteiger partial charge < -0.3 is 15.3 Å². The van der Waals surface area contributed by atoms with Crippen molar-refractivity contribution in [2.75, 3.05) is 6.54 Å². The van der Waals surface area contributed by atoms with E-state index in [1.165, 1.54) is 11.3 Å². The number of carbonyl (C=O) groups excluding carboxylic acids is 1. The molecule has 0 radical (unpaired) electrons. The molecular formula is C13H19N3O3S. The Morgan fingerprint density at radius 2 is 2.35 bits per heavy atom. The molecule has 1 saturated heterocycles. The average Bonchev–Trinajstić information content (AvgIpc) is 2.82. The van der Waals surface area contributed by atoms with E-state index in [4.69, 9.17) is 5.11 Å². The predicted octanol–water partition coefficient (Wildman–Crippen LogP) is 1.99. The van der Waals surface area contributed by atoms with E-state index in [9.17, 15) is 9.59 Å². The first-order valence-corrected chi connectivity index (χ1v) is 7.61. The largest absolute Gasteiger partial charge is 0.481 e. The first-order chi connectivity index (χ1) is 9.56. The van der Waals surface area contributed by atoms with Crippen molar-refractivity contribution in [3.05, 3.63) is 16.1 Å². The molecule has 2 rings (SSSR count). The third-order valence-electron chi connectivity index (χ3n) is 3.36. The highest BCUT2D eigenvalue weighted by Gasteiger charge is 2.28. The standard InChI is InChI=1S/C13H19N3O3S/c1-9-8-20-11(15-9)7-14-13(19)16-5-3-2-4-10(16)6-12(17)18/h8,10H,2-7H2,1H3,(H,14,19)(H,17,18). The first-order valence-electron chi connectivity index (χ1n) is 6.73. The summed E-state index contributed by atoms with van der Waals surface area (Å²) in [5.74, 6) is -0.856. The third kappa shape index (κ3) is 3.93. The van der Waals surface area contributed by atoms with Crippen LogP contribution in [0.2, 0.25) is 0 Å². The second-order valence-corrected chi connectivity index (χ2v) is 5.92. The number of aryl methyl sites for hydroxylation is 1. The number of thiazole rings is 1. The number of nitrogens with zero attached hydrogens (tertiary/aromatic N) is 2. The number of carbonyl (C=O) groups is 2. The van der Waals surface area contributed by atoms with Gasteiger partial charge in [-0.25, -0.2) is 9.78 Å². The number of likely N-dealkylation sites (tertiary alicyclic amines) is 1. The number of piperidine rings is 1. The van der Waals surface area contributed by atoms with Gasteiger partial charge in [0.15, 0.2) is 0 Å². The molecule has 0 bridgehead atoms. The highest BCUT2D eigenvalue weighted by molar-refractivity contribution is 7.09. The maximum atomic E-state index is 12.2. The second kappa shape index (κ2) is 6.69. The zero-order valence-electron chi connectivity index (χ0n) is 11.5. The van der Waals surface area contributed by atoms with Gasteiger partial charge in [0, 0.05) is 23.7 Å². The normalized spacial score (nSPS) is 18.9. The molecule has 2 heterocycles. The molecule has 1 aromatic heterocycles. The summed E-state index contributed by atoms with van der Waals surface area (Å²) in [5, 5.41) is 14.5. The lowest BCUT2D eigenvalue weighted by Crippen LogP contribution is -2.49. The third-order valence-corrected chi connectivity index (χ3v) is 4.32. The Kier molecular flexibility index (Phi) is 4.94. The van der Waals surface area contributed by atoms with Crippen molar-refractivity contribution in [1.29, 1.82) is 0 Å². The van der Waals surface area contributed by atoms with Crippen molar-refractivity contribution in [1.82, 2.24) is 15.2 Å². The van der Waals surface area contributed by atoms with Gasteiger partial charge in [-0.15, -0.1) is 11.3 Å². The zero-order chi connectivity index (χ0) is 14.5. The van der Waals surface area contributed by atoms with Crippen molar-refractivity contribution in [3.8, 4) is 0 Å². The number of hydrogen-bond acceptors (Lipinski definition) is 4. The van der Waals surface area contributed by atoms with Gasteiger partial charge in [-0.2, -0.15) is 0 Å². The molecule has 0 aromatic carbocycles. The molecule has 0 saturated carbocycles. The Bertz CT molecular complexity index is 489. The van der Waals surface area contributed by atoms with E-state index >= 15 is 0 Å². The first kappa shape index (κ1) is 14.8. The van der Waals surface area contributed by atoms with E-state index in [0.29, 0.717) is 13.1 Å². The van der Waals surface area contributed by atoms with Crippen LogP contribution in [0.1, 0.15) is 36.4 Å². The fourth-order valence-corrected chi connectivity index (χ4v) is 3.13. The van der Waals surface area contributed by atoms with Crippen molar-refractivity contribution in [2.45, 2.75) is 45.2 Å². The number of urea groups is 1. The van der Waals surface area contributed by atoms with Gasteiger partial charge >= 0.3 is 12.0 Å². The molecule has 110 valence electrons. The summed E-state index contributed by atoms with van der Waals surface area (Å²) in [6.45, 7) is 2.93. The number of hydrogen-bond donors (Lipinski definition) is 2. The second-order valence-electron chi connectivity index (χ2n) is 4.98. The smallest absolute Gasteiger partial charge is 0.318 e. The van der Waals surface area contributed by atoms with Crippen LogP contribution in [0.25, 0.3) is 0 Å². The molecule has 2 N–H and O–H groups in total. The van der Waals surface area contributed by atoms with E-state index < -0.39 is 5.97 Å². The average molecular weight is 297 g/mol. The lowest BCUT2D eigenvalue weighted by atomic mass is 10.00. The van der Waals surface area contributed by atoms with Gasteiger partial charge in [0.25, 0.3) is 0 Å². The molecule has 20 heavy (non-hydrogen) atoms. The zero-order valence-corrected chi connectivity index (χ0v) is 12.3. The number of carboxylic acids is 1. The minimum absolute atomic E-state index is 0.0176. The van der Waals surface area contributed by atoms with Gasteiger partial charge in [-0.05, 0) is 26.2 Å². The Morgan fingerprint density at radius 1 is 1.55 bits per heavy atom. The number of amides is 2. The number of nitrogens with one attached hydrogen (secondary N) is 1. The molecule has 7 heteroatoms. The number of aromatic nitrogens is 1. The fourth-order valence-electron chi connectivity index (χ4n) is 2.42. The Balaban J connectivity index is 1.90. The van der Waals surface area contributed by atoms with Crippen LogP contribution in [0.5, 0.6) is 0 Å². The quantitative estimate of drug-likeness (QED) is 0.890. The highest BCUT2D eigenvalue weighted by atomic mass is 32.1. The van der Waals surface area contributed by atoms with Crippen LogP contribution in [0.15, 0.2) is 5.38 Å². The lowest BCUT2D eigenvalue weighted by Gasteiger charge is -2.34. The topological polar surface area (TPSA) is 82.5 Å². The summed E-state index contributed by atoms with van der Waals surface area (Å²) >= 11 is 1.51. The van der Waals surface area contributed by atoms with E-state index in [-0.39, 0.29) is 18.5 Å². The molecule has 1 atom stereocenters. The summed E-state index contributed by atoms with van der Waals surface area (Å²) in [7, 11) is 0. The summed E-state index contributed by atoms with van der Waals surface area (Å²) in [6.07, 6.45) is 2.69. The summed E-state index contributed by atoms with van der Waals surface area (Å²) in [5.41, 5.74) is 0.945. The molecule has 0 spiro atoms. The number of carboxylic acid groups (broad SMARTS) is 1. The van der Waals surface area contributed by atoms with Crippen LogP contribution in [-0.2, 0) is 11.3 Å². The van der Waals surface area contributed by atoms with Crippen LogP contribution in [0.4, 0.5) is 4.79 Å². The van der Waals surface area contributed by atoms with Gasteiger partial charge in [0.1, 0.15) is 5.01 Å². The number of rotatable bonds is 4. The number of aliphatic carboxylic acids is 1. The van der Waals surface area contributed by atoms with Crippen molar-refractivity contribution >= 4 is 23.3 Å². The summed E-state index contributed by atoms with van der Waals surface area (Å²) in [4.78, 5) is 29.0. The molecule has 1 aromatic rings. The van der Waals surface area contributed by atoms with Crippen LogP contribution < -0.4 is 5.32 Å². The summed E-state index contributed by atoms with van der Waals surface area (Å²) in [6, 6.07) is -0.386. The highest BCUT2D eigenvalue weighted by Crippen LogP contribution is 2.20. The monoisotopic (exact) mass is 297 g/mol. The van der Waals surface area contributed by atoms with Gasteiger partial charge in [-0.1, -0.05) is 0 Å². The molecule has 1 aliphatic rings. The van der Waals surface area contributed by atoms with E-state index in [1.807, 2.05) is 12.3 Å².